The van der Waals surface area contributed by atoms with Gasteiger partial charge in [-0.05, 0) is 46.5 Å². The molecular formula is C12H19BrN2O2S. The molecule has 0 radical (unpaired) electrons. The molecule has 0 aromatic heterocycles. The van der Waals surface area contributed by atoms with E-state index in [9.17, 15) is 8.42 Å². The predicted molar refractivity (Wildman–Crippen MR) is 77.8 cm³/mol. The van der Waals surface area contributed by atoms with Crippen molar-refractivity contribution >= 4 is 31.6 Å². The van der Waals surface area contributed by atoms with Gasteiger partial charge in [-0.1, -0.05) is 13.8 Å². The van der Waals surface area contributed by atoms with Crippen molar-refractivity contribution in [3.63, 3.8) is 0 Å². The molecule has 0 bridgehead atoms. The summed E-state index contributed by atoms with van der Waals surface area (Å²) in [4.78, 5) is 0.253. The van der Waals surface area contributed by atoms with Gasteiger partial charge in [0.25, 0.3) is 0 Å². The number of rotatable bonds is 5. The fraction of sp³-hybridized carbons (Fsp3) is 0.500. The third-order valence-electron chi connectivity index (χ3n) is 2.67. The van der Waals surface area contributed by atoms with E-state index in [2.05, 4.69) is 29.8 Å². The van der Waals surface area contributed by atoms with Crippen LogP contribution in [-0.2, 0) is 10.0 Å². The standard InChI is InChI=1S/C12H19BrN2O2S/c1-9(2)6-7-15(3)18(16,17)12-5-4-10(14)8-11(12)13/h4-5,8-9H,6-7,14H2,1-3H3. The van der Waals surface area contributed by atoms with Crippen LogP contribution in [-0.4, -0.2) is 26.3 Å². The van der Waals surface area contributed by atoms with E-state index in [0.29, 0.717) is 22.6 Å². The Morgan fingerprint density at radius 2 is 2.00 bits per heavy atom. The minimum absolute atomic E-state index is 0.253. The second kappa shape index (κ2) is 6.04. The molecule has 0 amide bonds. The Bertz CT molecular complexity index is 515. The van der Waals surface area contributed by atoms with Crippen molar-refractivity contribution in [1.29, 1.82) is 0 Å². The molecule has 0 spiro atoms. The first-order valence-corrected chi connectivity index (χ1v) is 8.00. The molecule has 0 saturated carbocycles. The van der Waals surface area contributed by atoms with Crippen molar-refractivity contribution in [2.75, 3.05) is 19.3 Å². The topological polar surface area (TPSA) is 63.4 Å². The maximum atomic E-state index is 12.3. The summed E-state index contributed by atoms with van der Waals surface area (Å²) in [6, 6.07) is 4.72. The molecule has 1 aromatic rings. The maximum Gasteiger partial charge on any atom is 0.243 e. The second-order valence-corrected chi connectivity index (χ2v) is 7.57. The van der Waals surface area contributed by atoms with Crippen molar-refractivity contribution in [1.82, 2.24) is 4.31 Å². The first-order valence-electron chi connectivity index (χ1n) is 5.76. The Kier molecular flexibility index (Phi) is 5.19. The van der Waals surface area contributed by atoms with E-state index in [-0.39, 0.29) is 4.90 Å². The molecular weight excluding hydrogens is 316 g/mol. The molecule has 0 saturated heterocycles. The molecule has 4 nitrogen and oxygen atoms in total. The van der Waals surface area contributed by atoms with Gasteiger partial charge in [0.05, 0.1) is 4.90 Å². The smallest absolute Gasteiger partial charge is 0.243 e. The van der Waals surface area contributed by atoms with E-state index in [4.69, 9.17) is 5.73 Å². The molecule has 0 fully saturated rings. The molecule has 0 unspecified atom stereocenters. The number of sulfonamides is 1. The fourth-order valence-corrected chi connectivity index (χ4v) is 3.69. The van der Waals surface area contributed by atoms with E-state index < -0.39 is 10.0 Å². The summed E-state index contributed by atoms with van der Waals surface area (Å²) in [6.07, 6.45) is 0.836. The average Bonchev–Trinajstić information content (AvgIpc) is 2.24. The van der Waals surface area contributed by atoms with Crippen molar-refractivity contribution < 1.29 is 8.42 Å². The number of benzene rings is 1. The minimum atomic E-state index is -3.45. The van der Waals surface area contributed by atoms with E-state index in [0.717, 1.165) is 6.42 Å². The highest BCUT2D eigenvalue weighted by Crippen LogP contribution is 2.26. The van der Waals surface area contributed by atoms with Gasteiger partial charge < -0.3 is 5.73 Å². The molecule has 0 aliphatic heterocycles. The predicted octanol–water partition coefficient (Wildman–Crippen LogP) is 2.70. The van der Waals surface area contributed by atoms with Crippen LogP contribution in [0.4, 0.5) is 5.69 Å². The van der Waals surface area contributed by atoms with Gasteiger partial charge in [-0.25, -0.2) is 12.7 Å². The quantitative estimate of drug-likeness (QED) is 0.842. The van der Waals surface area contributed by atoms with Crippen molar-refractivity contribution in [2.45, 2.75) is 25.2 Å². The normalized spacial score (nSPS) is 12.3. The molecule has 2 N–H and O–H groups in total. The van der Waals surface area contributed by atoms with Crippen LogP contribution in [0.3, 0.4) is 0 Å². The van der Waals surface area contributed by atoms with Gasteiger partial charge in [0.2, 0.25) is 10.0 Å². The molecule has 0 heterocycles. The Balaban J connectivity index is 2.98. The van der Waals surface area contributed by atoms with Crippen molar-refractivity contribution in [2.24, 2.45) is 5.92 Å². The zero-order valence-corrected chi connectivity index (χ0v) is 13.3. The summed E-state index contributed by atoms with van der Waals surface area (Å²) in [5, 5.41) is 0. The van der Waals surface area contributed by atoms with Crippen LogP contribution in [0.1, 0.15) is 20.3 Å². The summed E-state index contributed by atoms with van der Waals surface area (Å²) in [6.45, 7) is 4.65. The fourth-order valence-electron chi connectivity index (χ4n) is 1.45. The summed E-state index contributed by atoms with van der Waals surface area (Å²) >= 11 is 3.25. The molecule has 102 valence electrons. The van der Waals surface area contributed by atoms with Gasteiger partial charge in [-0.15, -0.1) is 0 Å². The lowest BCUT2D eigenvalue weighted by Crippen LogP contribution is -2.29. The Labute approximate surface area is 117 Å². The Hall–Kier alpha value is -0.590. The van der Waals surface area contributed by atoms with E-state index in [1.165, 1.54) is 10.4 Å². The molecule has 18 heavy (non-hydrogen) atoms. The molecule has 1 aromatic carbocycles. The number of nitrogens with zero attached hydrogens (tertiary/aromatic N) is 1. The Morgan fingerprint density at radius 1 is 1.39 bits per heavy atom. The number of nitrogen functional groups attached to an aromatic ring is 1. The monoisotopic (exact) mass is 334 g/mol. The van der Waals surface area contributed by atoms with Crippen LogP contribution in [0.15, 0.2) is 27.6 Å². The highest BCUT2D eigenvalue weighted by atomic mass is 79.9. The molecule has 6 heteroatoms. The van der Waals surface area contributed by atoms with E-state index >= 15 is 0 Å². The first-order chi connectivity index (χ1) is 8.25. The summed E-state index contributed by atoms with van der Waals surface area (Å²) in [5.41, 5.74) is 6.14. The van der Waals surface area contributed by atoms with E-state index in [1.54, 1.807) is 19.2 Å². The molecule has 0 atom stereocenters. The van der Waals surface area contributed by atoms with Crippen LogP contribution in [0.5, 0.6) is 0 Å². The Morgan fingerprint density at radius 3 is 2.50 bits per heavy atom. The second-order valence-electron chi connectivity index (χ2n) is 4.70. The lowest BCUT2D eigenvalue weighted by molar-refractivity contribution is 0.428. The maximum absolute atomic E-state index is 12.3. The van der Waals surface area contributed by atoms with E-state index in [1.807, 2.05) is 0 Å². The largest absolute Gasteiger partial charge is 0.399 e. The van der Waals surface area contributed by atoms with Gasteiger partial charge in [0.15, 0.2) is 0 Å². The summed E-state index contributed by atoms with van der Waals surface area (Å²) in [5.74, 6) is 0.470. The van der Waals surface area contributed by atoms with Crippen LogP contribution >= 0.6 is 15.9 Å². The first kappa shape index (κ1) is 15.5. The zero-order valence-electron chi connectivity index (χ0n) is 10.9. The lowest BCUT2D eigenvalue weighted by atomic mass is 10.1. The van der Waals surface area contributed by atoms with Gasteiger partial charge in [-0.2, -0.15) is 0 Å². The summed E-state index contributed by atoms with van der Waals surface area (Å²) in [7, 11) is -1.85. The average molecular weight is 335 g/mol. The number of hydrogen-bond acceptors (Lipinski definition) is 3. The van der Waals surface area contributed by atoms with Crippen LogP contribution in [0, 0.1) is 5.92 Å². The lowest BCUT2D eigenvalue weighted by Gasteiger charge is -2.19. The number of hydrogen-bond donors (Lipinski definition) is 1. The van der Waals surface area contributed by atoms with Gasteiger partial charge >= 0.3 is 0 Å². The highest BCUT2D eigenvalue weighted by molar-refractivity contribution is 9.10. The number of halogens is 1. The van der Waals surface area contributed by atoms with Gasteiger partial charge in [0.1, 0.15) is 0 Å². The van der Waals surface area contributed by atoms with Gasteiger partial charge in [-0.3, -0.25) is 0 Å². The molecule has 0 aliphatic carbocycles. The van der Waals surface area contributed by atoms with Crippen LogP contribution in [0.2, 0.25) is 0 Å². The van der Waals surface area contributed by atoms with Crippen molar-refractivity contribution in [3.8, 4) is 0 Å². The minimum Gasteiger partial charge on any atom is -0.399 e. The number of nitrogens with two attached hydrogens (primary N) is 1. The van der Waals surface area contributed by atoms with Crippen LogP contribution < -0.4 is 5.73 Å². The third kappa shape index (κ3) is 3.70. The number of anilines is 1. The van der Waals surface area contributed by atoms with Crippen LogP contribution in [0.25, 0.3) is 0 Å². The zero-order chi connectivity index (χ0) is 13.9. The molecule has 1 rings (SSSR count). The highest BCUT2D eigenvalue weighted by Gasteiger charge is 2.23. The third-order valence-corrected chi connectivity index (χ3v) is 5.50. The van der Waals surface area contributed by atoms with Crippen molar-refractivity contribution in [3.05, 3.63) is 22.7 Å². The van der Waals surface area contributed by atoms with Gasteiger partial charge in [0, 0.05) is 23.8 Å². The SMILES string of the molecule is CC(C)CCN(C)S(=O)(=O)c1ccc(N)cc1Br. The molecule has 0 aliphatic rings. The summed E-state index contributed by atoms with van der Waals surface area (Å²) < 4.78 is 26.5.